The molecular weight excluding hydrogens is 406 g/mol. The van der Waals surface area contributed by atoms with Crippen molar-refractivity contribution in [3.63, 3.8) is 0 Å². The lowest BCUT2D eigenvalue weighted by molar-refractivity contribution is -0.131. The number of rotatable bonds is 5. The molecule has 1 aliphatic heterocycles. The smallest absolute Gasteiger partial charge is 0.325 e. The Hall–Kier alpha value is -3.61. The second kappa shape index (κ2) is 7.51. The zero-order valence-corrected chi connectivity index (χ0v) is 18.2. The van der Waals surface area contributed by atoms with E-state index in [2.05, 4.69) is 11.4 Å². The molecule has 7 heteroatoms. The predicted molar refractivity (Wildman–Crippen MR) is 117 cm³/mol. The lowest BCUT2D eigenvalue weighted by Crippen LogP contribution is -2.51. The highest BCUT2D eigenvalue weighted by Gasteiger charge is 2.52. The Morgan fingerprint density at radius 1 is 1.12 bits per heavy atom. The number of nitrogens with zero attached hydrogens (tertiary/aromatic N) is 2. The van der Waals surface area contributed by atoms with Crippen LogP contribution in [0.15, 0.2) is 53.1 Å². The van der Waals surface area contributed by atoms with Gasteiger partial charge in [-0.1, -0.05) is 24.3 Å². The molecule has 0 unspecified atom stereocenters. The molecule has 1 atom stereocenters. The highest BCUT2D eigenvalue weighted by Crippen LogP contribution is 2.33. The van der Waals surface area contributed by atoms with Crippen molar-refractivity contribution in [3.05, 3.63) is 82.6 Å². The first-order valence-electron chi connectivity index (χ1n) is 10.8. The lowest BCUT2D eigenvalue weighted by atomic mass is 9.78. The maximum Gasteiger partial charge on any atom is 0.325 e. The van der Waals surface area contributed by atoms with Crippen molar-refractivity contribution in [1.82, 2.24) is 14.8 Å². The number of benzene rings is 1. The lowest BCUT2D eigenvalue weighted by Gasteiger charge is -2.32. The summed E-state index contributed by atoms with van der Waals surface area (Å²) in [5.41, 5.74) is 3.55. The Labute approximate surface area is 186 Å². The third kappa shape index (κ3) is 3.25. The largest absolute Gasteiger partial charge is 0.467 e. The number of ketones is 1. The van der Waals surface area contributed by atoms with E-state index in [1.807, 2.05) is 54.8 Å². The molecule has 1 spiro atoms. The molecular formula is C25H25N3O4. The minimum atomic E-state index is -0.956. The Kier molecular flexibility index (Phi) is 4.77. The van der Waals surface area contributed by atoms with Crippen LogP contribution in [0.3, 0.4) is 0 Å². The van der Waals surface area contributed by atoms with Gasteiger partial charge < -0.3 is 14.3 Å². The zero-order chi connectivity index (χ0) is 22.5. The van der Waals surface area contributed by atoms with Crippen LogP contribution in [-0.4, -0.2) is 39.3 Å². The number of furan rings is 1. The highest BCUT2D eigenvalue weighted by atomic mass is 16.3. The standard InChI is InChI=1S/C25H25N3O4/c1-16-12-21(17(2)27(16)14-20-8-5-11-32-20)22(29)15-28-23(30)25(26-24(28)31)10-9-18-6-3-4-7-19(18)13-25/h3-8,11-12H,9-10,13-15H2,1-2H3,(H,26,31)/t25-/m1/s1. The van der Waals surface area contributed by atoms with Crippen molar-refractivity contribution in [2.75, 3.05) is 6.54 Å². The van der Waals surface area contributed by atoms with Crippen LogP contribution in [0.4, 0.5) is 4.79 Å². The Balaban J connectivity index is 1.35. The van der Waals surface area contributed by atoms with Gasteiger partial charge in [0.25, 0.3) is 5.91 Å². The van der Waals surface area contributed by atoms with E-state index in [4.69, 9.17) is 4.42 Å². The number of hydrogen-bond donors (Lipinski definition) is 1. The topological polar surface area (TPSA) is 84.5 Å². The van der Waals surface area contributed by atoms with E-state index in [-0.39, 0.29) is 18.2 Å². The molecule has 32 heavy (non-hydrogen) atoms. The summed E-state index contributed by atoms with van der Waals surface area (Å²) in [7, 11) is 0. The number of fused-ring (bicyclic) bond motifs is 1. The second-order valence-electron chi connectivity index (χ2n) is 8.72. The number of carbonyl (C=O) groups is 3. The maximum absolute atomic E-state index is 13.3. The first-order chi connectivity index (χ1) is 15.4. The van der Waals surface area contributed by atoms with Crippen LogP contribution >= 0.6 is 0 Å². The zero-order valence-electron chi connectivity index (χ0n) is 18.2. The summed E-state index contributed by atoms with van der Waals surface area (Å²) in [6.07, 6.45) is 3.33. The molecule has 1 aliphatic carbocycles. The van der Waals surface area contributed by atoms with Crippen LogP contribution in [0.25, 0.3) is 0 Å². The normalized spacial score (nSPS) is 20.0. The van der Waals surface area contributed by atoms with Gasteiger partial charge in [0.1, 0.15) is 11.3 Å². The van der Waals surface area contributed by atoms with Gasteiger partial charge in [0.2, 0.25) is 0 Å². The van der Waals surface area contributed by atoms with E-state index in [1.54, 1.807) is 6.26 Å². The SMILES string of the molecule is Cc1cc(C(=O)CN2C(=O)N[C@@]3(CCc4ccccc4C3)C2=O)c(C)n1Cc1ccco1. The number of hydrogen-bond acceptors (Lipinski definition) is 4. The van der Waals surface area contributed by atoms with E-state index in [1.165, 1.54) is 5.56 Å². The number of nitrogens with one attached hydrogen (secondary N) is 1. The van der Waals surface area contributed by atoms with Crippen molar-refractivity contribution in [2.24, 2.45) is 0 Å². The summed E-state index contributed by atoms with van der Waals surface area (Å²) in [5, 5.41) is 2.90. The van der Waals surface area contributed by atoms with E-state index >= 15 is 0 Å². The summed E-state index contributed by atoms with van der Waals surface area (Å²) < 4.78 is 7.43. The molecule has 2 aromatic heterocycles. The fourth-order valence-corrected chi connectivity index (χ4v) is 4.96. The van der Waals surface area contributed by atoms with Crippen LogP contribution in [-0.2, 0) is 24.2 Å². The number of Topliss-reactive ketones (excluding diaryl/α,β-unsaturated/α-hetero) is 1. The number of aromatic nitrogens is 1. The summed E-state index contributed by atoms with van der Waals surface area (Å²) >= 11 is 0. The molecule has 2 aliphatic rings. The maximum atomic E-state index is 13.3. The molecule has 0 bridgehead atoms. The van der Waals surface area contributed by atoms with Crippen molar-refractivity contribution >= 4 is 17.7 Å². The Morgan fingerprint density at radius 3 is 2.66 bits per heavy atom. The van der Waals surface area contributed by atoms with Crippen LogP contribution in [0.5, 0.6) is 0 Å². The van der Waals surface area contributed by atoms with Crippen LogP contribution in [0.2, 0.25) is 0 Å². The monoisotopic (exact) mass is 431 g/mol. The quantitative estimate of drug-likeness (QED) is 0.496. The second-order valence-corrected chi connectivity index (χ2v) is 8.72. The molecule has 1 fully saturated rings. The fraction of sp³-hybridized carbons (Fsp3) is 0.320. The first kappa shape index (κ1) is 20.3. The van der Waals surface area contributed by atoms with Crippen molar-refractivity contribution in [2.45, 2.75) is 45.2 Å². The van der Waals surface area contributed by atoms with Crippen molar-refractivity contribution in [1.29, 1.82) is 0 Å². The van der Waals surface area contributed by atoms with Gasteiger partial charge in [-0.25, -0.2) is 4.79 Å². The van der Waals surface area contributed by atoms with Gasteiger partial charge >= 0.3 is 6.03 Å². The summed E-state index contributed by atoms with van der Waals surface area (Å²) in [6, 6.07) is 13.0. The number of amides is 3. The van der Waals surface area contributed by atoms with Crippen LogP contribution < -0.4 is 5.32 Å². The average Bonchev–Trinajstić information content (AvgIpc) is 3.45. The van der Waals surface area contributed by atoms with Gasteiger partial charge in [-0.15, -0.1) is 0 Å². The molecule has 3 heterocycles. The van der Waals surface area contributed by atoms with Crippen LogP contribution in [0.1, 0.15) is 45.1 Å². The third-order valence-electron chi connectivity index (χ3n) is 6.75. The predicted octanol–water partition coefficient (Wildman–Crippen LogP) is 3.41. The summed E-state index contributed by atoms with van der Waals surface area (Å²) in [6.45, 7) is 4.05. The summed E-state index contributed by atoms with van der Waals surface area (Å²) in [5.74, 6) is 0.231. The number of aryl methyl sites for hydroxylation is 2. The molecule has 164 valence electrons. The van der Waals surface area contributed by atoms with E-state index in [0.717, 1.165) is 34.0 Å². The van der Waals surface area contributed by atoms with Crippen LogP contribution in [0, 0.1) is 13.8 Å². The van der Waals surface area contributed by atoms with Gasteiger partial charge in [-0.2, -0.15) is 0 Å². The fourth-order valence-electron chi connectivity index (χ4n) is 4.96. The highest BCUT2D eigenvalue weighted by molar-refractivity contribution is 6.11. The molecule has 1 aromatic carbocycles. The number of carbonyl (C=O) groups excluding carboxylic acids is 3. The number of urea groups is 1. The molecule has 0 saturated carbocycles. The molecule has 1 N–H and O–H groups in total. The first-order valence-corrected chi connectivity index (χ1v) is 10.8. The van der Waals surface area contributed by atoms with Gasteiger partial charge in [-0.05, 0) is 56.0 Å². The molecule has 1 saturated heterocycles. The molecule has 7 nitrogen and oxygen atoms in total. The molecule has 0 radical (unpaired) electrons. The summed E-state index contributed by atoms with van der Waals surface area (Å²) in [4.78, 5) is 40.3. The van der Waals surface area contributed by atoms with Crippen molar-refractivity contribution < 1.29 is 18.8 Å². The molecule has 5 rings (SSSR count). The van der Waals surface area contributed by atoms with E-state index in [9.17, 15) is 14.4 Å². The molecule has 3 aromatic rings. The molecule has 3 amide bonds. The Morgan fingerprint density at radius 2 is 1.91 bits per heavy atom. The minimum absolute atomic E-state index is 0.249. The minimum Gasteiger partial charge on any atom is -0.467 e. The number of imide groups is 1. The van der Waals surface area contributed by atoms with Gasteiger partial charge in [0, 0.05) is 23.4 Å². The van der Waals surface area contributed by atoms with Gasteiger partial charge in [0.15, 0.2) is 5.78 Å². The third-order valence-corrected chi connectivity index (χ3v) is 6.75. The van der Waals surface area contributed by atoms with Crippen molar-refractivity contribution in [3.8, 4) is 0 Å². The van der Waals surface area contributed by atoms with Gasteiger partial charge in [0.05, 0.1) is 19.4 Å². The van der Waals surface area contributed by atoms with E-state index in [0.29, 0.717) is 24.9 Å². The van der Waals surface area contributed by atoms with Gasteiger partial charge in [-0.3, -0.25) is 14.5 Å². The van der Waals surface area contributed by atoms with E-state index < -0.39 is 11.6 Å². The Bertz CT molecular complexity index is 1220. The average molecular weight is 431 g/mol.